The second-order valence-corrected chi connectivity index (χ2v) is 13.3. The highest BCUT2D eigenvalue weighted by atomic mass is 32.2. The number of hydrogen-bond donors (Lipinski definition) is 0. The van der Waals surface area contributed by atoms with Crippen molar-refractivity contribution in [2.75, 3.05) is 39.8 Å². The fourth-order valence-electron chi connectivity index (χ4n) is 5.14. The van der Waals surface area contributed by atoms with Crippen molar-refractivity contribution in [1.29, 1.82) is 0 Å². The lowest BCUT2D eigenvalue weighted by Crippen LogP contribution is -2.46. The number of hydrogen-bond acceptors (Lipinski definition) is 5. The Morgan fingerprint density at radius 3 is 2.08 bits per heavy atom. The Balaban J connectivity index is 1.53. The predicted octanol–water partition coefficient (Wildman–Crippen LogP) is 5.71. The van der Waals surface area contributed by atoms with E-state index in [1.165, 1.54) is 9.87 Å². The number of esters is 1. The number of nitrogens with zero attached hydrogens (tertiary/aromatic N) is 3. The van der Waals surface area contributed by atoms with Gasteiger partial charge in [-0.1, -0.05) is 51.1 Å². The lowest BCUT2D eigenvalue weighted by molar-refractivity contribution is 0.0517. The van der Waals surface area contributed by atoms with Gasteiger partial charge < -0.3 is 14.2 Å². The molecule has 0 spiro atoms. The number of benzene rings is 3. The molecule has 0 aliphatic carbocycles. The van der Waals surface area contributed by atoms with E-state index in [0.29, 0.717) is 37.6 Å². The topological polar surface area (TPSA) is 71.8 Å². The van der Waals surface area contributed by atoms with E-state index in [-0.39, 0.29) is 16.9 Å². The maximum atomic E-state index is 13.2. The fraction of sp³-hybridized carbons (Fsp3) is 0.344. The lowest BCUT2D eigenvalue weighted by atomic mass is 9.86. The lowest BCUT2D eigenvalue weighted by Gasteiger charge is -2.31. The van der Waals surface area contributed by atoms with Crippen molar-refractivity contribution in [1.82, 2.24) is 13.8 Å². The zero-order valence-electron chi connectivity index (χ0n) is 23.8. The molecular formula is C32H37N3O4S. The first-order valence-electron chi connectivity index (χ1n) is 13.7. The van der Waals surface area contributed by atoms with Crippen molar-refractivity contribution >= 4 is 26.9 Å². The smallest absolute Gasteiger partial charge is 0.355 e. The Bertz CT molecular complexity index is 1620. The first-order valence-corrected chi connectivity index (χ1v) is 15.2. The van der Waals surface area contributed by atoms with E-state index < -0.39 is 16.0 Å². The van der Waals surface area contributed by atoms with Crippen molar-refractivity contribution in [3.63, 3.8) is 0 Å². The minimum absolute atomic E-state index is 0.0770. The monoisotopic (exact) mass is 559 g/mol. The van der Waals surface area contributed by atoms with Crippen LogP contribution in [0.3, 0.4) is 0 Å². The van der Waals surface area contributed by atoms with E-state index in [2.05, 4.69) is 56.0 Å². The Hall–Kier alpha value is -3.46. The summed E-state index contributed by atoms with van der Waals surface area (Å²) in [6.07, 6.45) is 0. The van der Waals surface area contributed by atoms with Crippen LogP contribution in [0.1, 0.15) is 43.7 Å². The first-order chi connectivity index (χ1) is 19.0. The first kappa shape index (κ1) is 28.1. The van der Waals surface area contributed by atoms with Crippen molar-refractivity contribution in [2.45, 2.75) is 38.0 Å². The van der Waals surface area contributed by atoms with Crippen LogP contribution < -0.4 is 0 Å². The highest BCUT2D eigenvalue weighted by Gasteiger charge is 2.28. The Labute approximate surface area is 237 Å². The van der Waals surface area contributed by atoms with E-state index in [1.54, 1.807) is 31.2 Å². The van der Waals surface area contributed by atoms with Gasteiger partial charge in [0.2, 0.25) is 10.0 Å². The molecule has 7 nitrogen and oxygen atoms in total. The average Bonchev–Trinajstić information content (AvgIpc) is 3.32. The summed E-state index contributed by atoms with van der Waals surface area (Å²) in [5.41, 5.74) is 5.42. The van der Waals surface area contributed by atoms with Crippen LogP contribution >= 0.6 is 0 Å². The molecule has 3 aromatic carbocycles. The highest BCUT2D eigenvalue weighted by molar-refractivity contribution is 7.89. The van der Waals surface area contributed by atoms with E-state index in [4.69, 9.17) is 4.74 Å². The second-order valence-electron chi connectivity index (χ2n) is 11.4. The largest absolute Gasteiger partial charge is 0.461 e. The third-order valence-corrected chi connectivity index (χ3v) is 9.48. The summed E-state index contributed by atoms with van der Waals surface area (Å²) in [5.74, 6) is -0.427. The second kappa shape index (κ2) is 10.8. The number of fused-ring (bicyclic) bond motifs is 1. The van der Waals surface area contributed by atoms with Gasteiger partial charge in [-0.3, -0.25) is 0 Å². The van der Waals surface area contributed by atoms with Crippen LogP contribution in [0, 0.1) is 0 Å². The predicted molar refractivity (Wildman–Crippen MR) is 160 cm³/mol. The van der Waals surface area contributed by atoms with Crippen LogP contribution in [0.4, 0.5) is 0 Å². The molecule has 2 heterocycles. The molecule has 0 amide bonds. The molecule has 0 radical (unpaired) electrons. The van der Waals surface area contributed by atoms with Gasteiger partial charge in [0.25, 0.3) is 0 Å². The number of piperazine rings is 1. The molecule has 1 fully saturated rings. The molecule has 1 aliphatic rings. The van der Waals surface area contributed by atoms with Crippen molar-refractivity contribution < 1.29 is 17.9 Å². The van der Waals surface area contributed by atoms with Crippen LogP contribution in [0.2, 0.25) is 0 Å². The van der Waals surface area contributed by atoms with E-state index in [0.717, 1.165) is 22.0 Å². The molecule has 0 N–H and O–H groups in total. The number of rotatable bonds is 6. The quantitative estimate of drug-likeness (QED) is 0.283. The van der Waals surface area contributed by atoms with Gasteiger partial charge in [0.05, 0.1) is 17.0 Å². The summed E-state index contributed by atoms with van der Waals surface area (Å²) in [6, 6.07) is 23.3. The molecule has 1 aromatic heterocycles. The zero-order chi connectivity index (χ0) is 28.7. The molecule has 4 aromatic rings. The van der Waals surface area contributed by atoms with Crippen molar-refractivity contribution in [3.8, 4) is 16.8 Å². The highest BCUT2D eigenvalue weighted by Crippen LogP contribution is 2.32. The molecule has 5 rings (SSSR count). The van der Waals surface area contributed by atoms with Gasteiger partial charge in [0.1, 0.15) is 5.69 Å². The number of ether oxygens (including phenoxy) is 1. The third-order valence-electron chi connectivity index (χ3n) is 7.57. The number of carbonyl (C=O) groups excluding carboxylic acids is 1. The van der Waals surface area contributed by atoms with E-state index in [1.807, 2.05) is 29.8 Å². The third kappa shape index (κ3) is 5.44. The Morgan fingerprint density at radius 2 is 1.48 bits per heavy atom. The molecule has 0 atom stereocenters. The maximum absolute atomic E-state index is 13.2. The molecule has 0 unspecified atom stereocenters. The number of carbonyl (C=O) groups is 1. The average molecular weight is 560 g/mol. The molecule has 1 saturated heterocycles. The standard InChI is InChI=1S/C32H37N3O4S/c1-6-39-31(36)30-22-25-21-24(23-7-10-26(11-8-23)32(2,3)4)9-16-29(25)35(30)27-12-14-28(15-13-27)40(37,38)34-19-17-33(5)18-20-34/h7-16,21-22H,6,17-20H2,1-5H3. The minimum Gasteiger partial charge on any atom is -0.461 e. The SMILES string of the molecule is CCOC(=O)c1cc2cc(-c3ccc(C(C)(C)C)cc3)ccc2n1-c1ccc(S(=O)(=O)N2CCN(C)CC2)cc1. The van der Waals surface area contributed by atoms with Gasteiger partial charge in [-0.15, -0.1) is 0 Å². The van der Waals surface area contributed by atoms with Crippen LogP contribution in [0.15, 0.2) is 77.7 Å². The van der Waals surface area contributed by atoms with Crippen LogP contribution in [-0.2, 0) is 20.2 Å². The molecule has 40 heavy (non-hydrogen) atoms. The minimum atomic E-state index is -3.59. The normalized spacial score (nSPS) is 15.4. The number of likely N-dealkylation sites (N-methyl/N-ethyl adjacent to an activating group) is 1. The zero-order valence-corrected chi connectivity index (χ0v) is 24.7. The molecular weight excluding hydrogens is 522 g/mol. The molecule has 0 saturated carbocycles. The molecule has 210 valence electrons. The maximum Gasteiger partial charge on any atom is 0.355 e. The summed E-state index contributed by atoms with van der Waals surface area (Å²) in [5, 5.41) is 0.898. The van der Waals surface area contributed by atoms with Crippen LogP contribution in [0.25, 0.3) is 27.7 Å². The van der Waals surface area contributed by atoms with Gasteiger partial charge in [0, 0.05) is 37.3 Å². The number of aromatic nitrogens is 1. The summed E-state index contributed by atoms with van der Waals surface area (Å²) in [7, 11) is -1.60. The molecule has 0 bridgehead atoms. The Kier molecular flexibility index (Phi) is 7.61. The van der Waals surface area contributed by atoms with Gasteiger partial charge in [-0.25, -0.2) is 13.2 Å². The van der Waals surface area contributed by atoms with E-state index in [9.17, 15) is 13.2 Å². The summed E-state index contributed by atoms with van der Waals surface area (Å²) >= 11 is 0. The van der Waals surface area contributed by atoms with Crippen molar-refractivity contribution in [2.24, 2.45) is 0 Å². The summed E-state index contributed by atoms with van der Waals surface area (Å²) < 4.78 is 35.2. The van der Waals surface area contributed by atoms with Gasteiger partial charge in [-0.05, 0) is 78.5 Å². The summed E-state index contributed by atoms with van der Waals surface area (Å²) in [4.78, 5) is 15.4. The fourth-order valence-corrected chi connectivity index (χ4v) is 6.56. The van der Waals surface area contributed by atoms with Crippen molar-refractivity contribution in [3.05, 3.63) is 84.1 Å². The number of sulfonamides is 1. The summed E-state index contributed by atoms with van der Waals surface area (Å²) in [6.45, 7) is 11.0. The molecule has 1 aliphatic heterocycles. The molecule has 8 heteroatoms. The van der Waals surface area contributed by atoms with Gasteiger partial charge in [-0.2, -0.15) is 4.31 Å². The Morgan fingerprint density at radius 1 is 0.850 bits per heavy atom. The van der Waals surface area contributed by atoms with Crippen LogP contribution in [-0.4, -0.2) is 68.0 Å². The van der Waals surface area contributed by atoms with Crippen LogP contribution in [0.5, 0.6) is 0 Å². The van der Waals surface area contributed by atoms with Gasteiger partial charge >= 0.3 is 5.97 Å². The van der Waals surface area contributed by atoms with Gasteiger partial charge in [0.15, 0.2) is 0 Å². The van der Waals surface area contributed by atoms with E-state index >= 15 is 0 Å².